The largest absolute Gasteiger partial charge is 0.329 e. The van der Waals surface area contributed by atoms with Crippen LogP contribution in [0.25, 0.3) is 10.9 Å². The number of rotatable bonds is 2. The van der Waals surface area contributed by atoms with E-state index in [0.29, 0.717) is 10.5 Å². The molecule has 0 aliphatic rings. The highest BCUT2D eigenvalue weighted by atomic mass is 127. The molecular weight excluding hydrogens is 438 g/mol. The minimum Gasteiger partial charge on any atom is -0.307 e. The number of fused-ring (bicyclic) bond motifs is 1. The standard InChI is InChI=1S/C15H9Cl2IN2O2/c16-9-5-11(17)13-12(6-9)19-15(22)20(14(13)21)7-8-1-3-10(18)4-2-8/h1-6H,7H2,(H,19,22). The monoisotopic (exact) mass is 446 g/mol. The van der Waals surface area contributed by atoms with E-state index in [4.69, 9.17) is 23.2 Å². The summed E-state index contributed by atoms with van der Waals surface area (Å²) < 4.78 is 2.21. The Morgan fingerprint density at radius 3 is 2.45 bits per heavy atom. The van der Waals surface area contributed by atoms with Crippen LogP contribution in [0.3, 0.4) is 0 Å². The van der Waals surface area contributed by atoms with Crippen LogP contribution in [0, 0.1) is 3.57 Å². The Labute approximate surface area is 148 Å². The Bertz CT molecular complexity index is 978. The van der Waals surface area contributed by atoms with Crippen molar-refractivity contribution in [2.24, 2.45) is 0 Å². The summed E-state index contributed by atoms with van der Waals surface area (Å²) in [6.07, 6.45) is 0. The van der Waals surface area contributed by atoms with E-state index >= 15 is 0 Å². The average Bonchev–Trinajstić information content (AvgIpc) is 2.44. The normalized spacial score (nSPS) is 11.0. The average molecular weight is 447 g/mol. The van der Waals surface area contributed by atoms with Crippen LogP contribution >= 0.6 is 45.8 Å². The molecule has 0 saturated heterocycles. The fraction of sp³-hybridized carbons (Fsp3) is 0.0667. The lowest BCUT2D eigenvalue weighted by atomic mass is 10.2. The van der Waals surface area contributed by atoms with Crippen molar-refractivity contribution in [2.75, 3.05) is 0 Å². The van der Waals surface area contributed by atoms with E-state index in [1.165, 1.54) is 12.1 Å². The summed E-state index contributed by atoms with van der Waals surface area (Å²) >= 11 is 14.2. The molecule has 1 N–H and O–H groups in total. The molecule has 0 saturated carbocycles. The zero-order valence-electron chi connectivity index (χ0n) is 11.1. The predicted octanol–water partition coefficient (Wildman–Crippen LogP) is 3.65. The number of nitrogens with zero attached hydrogens (tertiary/aromatic N) is 1. The molecule has 7 heteroatoms. The first-order valence-corrected chi connectivity index (χ1v) is 8.15. The zero-order valence-corrected chi connectivity index (χ0v) is 14.7. The van der Waals surface area contributed by atoms with E-state index in [9.17, 15) is 9.59 Å². The molecule has 3 aromatic rings. The van der Waals surface area contributed by atoms with Gasteiger partial charge < -0.3 is 4.98 Å². The highest BCUT2D eigenvalue weighted by Gasteiger charge is 2.12. The molecule has 0 spiro atoms. The molecule has 0 radical (unpaired) electrons. The summed E-state index contributed by atoms with van der Waals surface area (Å²) in [5, 5.41) is 0.847. The Balaban J connectivity index is 2.20. The van der Waals surface area contributed by atoms with E-state index in [-0.39, 0.29) is 17.0 Å². The molecule has 0 bridgehead atoms. The zero-order chi connectivity index (χ0) is 15.9. The quantitative estimate of drug-likeness (QED) is 0.611. The van der Waals surface area contributed by atoms with Crippen molar-refractivity contribution in [1.82, 2.24) is 9.55 Å². The van der Waals surface area contributed by atoms with Crippen LogP contribution in [0.4, 0.5) is 0 Å². The summed E-state index contributed by atoms with van der Waals surface area (Å²) in [5.74, 6) is 0. The van der Waals surface area contributed by atoms with Crippen LogP contribution in [0.15, 0.2) is 46.0 Å². The molecule has 0 aliphatic carbocycles. The fourth-order valence-corrected chi connectivity index (χ4v) is 3.15. The van der Waals surface area contributed by atoms with Gasteiger partial charge in [-0.05, 0) is 52.4 Å². The lowest BCUT2D eigenvalue weighted by Gasteiger charge is -2.08. The second-order valence-corrected chi connectivity index (χ2v) is 6.85. The van der Waals surface area contributed by atoms with E-state index in [1.807, 2.05) is 24.3 Å². The summed E-state index contributed by atoms with van der Waals surface area (Å²) in [6, 6.07) is 10.6. The van der Waals surface area contributed by atoms with Gasteiger partial charge in [0.05, 0.1) is 22.5 Å². The third-order valence-electron chi connectivity index (χ3n) is 3.25. The molecule has 0 aliphatic heterocycles. The number of hydrogen-bond acceptors (Lipinski definition) is 2. The van der Waals surface area contributed by atoms with Gasteiger partial charge in [-0.1, -0.05) is 35.3 Å². The first-order valence-electron chi connectivity index (χ1n) is 6.32. The highest BCUT2D eigenvalue weighted by molar-refractivity contribution is 14.1. The topological polar surface area (TPSA) is 54.9 Å². The van der Waals surface area contributed by atoms with E-state index in [0.717, 1.165) is 13.7 Å². The summed E-state index contributed by atoms with van der Waals surface area (Å²) in [4.78, 5) is 27.4. The maximum absolute atomic E-state index is 12.6. The van der Waals surface area contributed by atoms with Crippen LogP contribution in [0.2, 0.25) is 10.0 Å². The van der Waals surface area contributed by atoms with Gasteiger partial charge in [0.2, 0.25) is 0 Å². The first kappa shape index (κ1) is 15.6. The van der Waals surface area contributed by atoms with Gasteiger partial charge in [-0.2, -0.15) is 0 Å². The first-order chi connectivity index (χ1) is 10.5. The molecule has 0 unspecified atom stereocenters. The lowest BCUT2D eigenvalue weighted by Crippen LogP contribution is -2.35. The van der Waals surface area contributed by atoms with Crippen LogP contribution in [-0.4, -0.2) is 9.55 Å². The number of aromatic amines is 1. The van der Waals surface area contributed by atoms with Gasteiger partial charge in [-0.15, -0.1) is 0 Å². The van der Waals surface area contributed by atoms with Crippen molar-refractivity contribution >= 4 is 56.7 Å². The smallest absolute Gasteiger partial charge is 0.307 e. The van der Waals surface area contributed by atoms with Gasteiger partial charge in [0.15, 0.2) is 0 Å². The summed E-state index contributed by atoms with van der Waals surface area (Å²) in [7, 11) is 0. The van der Waals surface area contributed by atoms with Gasteiger partial charge in [0.25, 0.3) is 5.56 Å². The Morgan fingerprint density at radius 1 is 1.09 bits per heavy atom. The molecule has 1 aromatic heterocycles. The minimum absolute atomic E-state index is 0.181. The summed E-state index contributed by atoms with van der Waals surface area (Å²) in [6.45, 7) is 0.181. The highest BCUT2D eigenvalue weighted by Crippen LogP contribution is 2.23. The third kappa shape index (κ3) is 2.93. The molecular formula is C15H9Cl2IN2O2. The second-order valence-electron chi connectivity index (χ2n) is 4.76. The molecule has 0 amide bonds. The number of aromatic nitrogens is 2. The van der Waals surface area contributed by atoms with Gasteiger partial charge in [-0.3, -0.25) is 9.36 Å². The number of halogens is 3. The lowest BCUT2D eigenvalue weighted by molar-refractivity contribution is 0.711. The Morgan fingerprint density at radius 2 is 1.77 bits per heavy atom. The number of hydrogen-bond donors (Lipinski definition) is 1. The van der Waals surface area contributed by atoms with Crippen molar-refractivity contribution < 1.29 is 0 Å². The van der Waals surface area contributed by atoms with Crippen molar-refractivity contribution in [2.45, 2.75) is 6.54 Å². The molecule has 1 heterocycles. The van der Waals surface area contributed by atoms with Crippen molar-refractivity contribution in [1.29, 1.82) is 0 Å². The van der Waals surface area contributed by atoms with Crippen molar-refractivity contribution in [3.8, 4) is 0 Å². The third-order valence-corrected chi connectivity index (χ3v) is 4.49. The van der Waals surface area contributed by atoms with Gasteiger partial charge in [0.1, 0.15) is 0 Å². The molecule has 112 valence electrons. The molecule has 22 heavy (non-hydrogen) atoms. The predicted molar refractivity (Wildman–Crippen MR) is 97.1 cm³/mol. The summed E-state index contributed by atoms with van der Waals surface area (Å²) in [5.41, 5.74) is 0.275. The van der Waals surface area contributed by atoms with Crippen molar-refractivity contribution in [3.05, 3.63) is 76.4 Å². The molecule has 4 nitrogen and oxygen atoms in total. The van der Waals surface area contributed by atoms with Gasteiger partial charge in [0, 0.05) is 8.59 Å². The maximum atomic E-state index is 12.6. The molecule has 3 rings (SSSR count). The number of H-pyrrole nitrogens is 1. The Kier molecular flexibility index (Phi) is 4.29. The SMILES string of the molecule is O=c1[nH]c2cc(Cl)cc(Cl)c2c(=O)n1Cc1ccc(I)cc1. The van der Waals surface area contributed by atoms with Gasteiger partial charge in [-0.25, -0.2) is 4.79 Å². The van der Waals surface area contributed by atoms with E-state index in [2.05, 4.69) is 27.6 Å². The molecule has 2 aromatic carbocycles. The van der Waals surface area contributed by atoms with Crippen LogP contribution < -0.4 is 11.2 Å². The Hall–Kier alpha value is -1.31. The number of nitrogens with one attached hydrogen (secondary N) is 1. The fourth-order valence-electron chi connectivity index (χ4n) is 2.22. The maximum Gasteiger partial charge on any atom is 0.329 e. The molecule has 0 fully saturated rings. The van der Waals surface area contributed by atoms with E-state index < -0.39 is 11.2 Å². The van der Waals surface area contributed by atoms with Crippen LogP contribution in [0.5, 0.6) is 0 Å². The second kappa shape index (κ2) is 6.06. The van der Waals surface area contributed by atoms with Gasteiger partial charge >= 0.3 is 5.69 Å². The van der Waals surface area contributed by atoms with E-state index in [1.54, 1.807) is 0 Å². The van der Waals surface area contributed by atoms with Crippen LogP contribution in [0.1, 0.15) is 5.56 Å². The van der Waals surface area contributed by atoms with Crippen molar-refractivity contribution in [3.63, 3.8) is 0 Å². The number of benzene rings is 2. The van der Waals surface area contributed by atoms with Crippen LogP contribution in [-0.2, 0) is 6.54 Å². The molecule has 0 atom stereocenters. The minimum atomic E-state index is -0.491.